The van der Waals surface area contributed by atoms with Crippen molar-refractivity contribution in [3.63, 3.8) is 0 Å². The van der Waals surface area contributed by atoms with E-state index in [1.54, 1.807) is 22.9 Å². The summed E-state index contributed by atoms with van der Waals surface area (Å²) in [5.74, 6) is -0.725. The zero-order valence-electron chi connectivity index (χ0n) is 18.4. The number of nitrogens with one attached hydrogen (secondary N) is 1. The Morgan fingerprint density at radius 1 is 0.971 bits per heavy atom. The Kier molecular flexibility index (Phi) is 5.74. The van der Waals surface area contributed by atoms with Gasteiger partial charge in [-0.2, -0.15) is 10.1 Å². The molecule has 2 heterocycles. The smallest absolute Gasteiger partial charge is 0.262 e. The first-order valence-electron chi connectivity index (χ1n) is 10.8. The monoisotopic (exact) mass is 452 g/mol. The average Bonchev–Trinajstić information content (AvgIpc) is 3.21. The number of para-hydroxylation sites is 2. The molecule has 0 aliphatic rings. The summed E-state index contributed by atoms with van der Waals surface area (Å²) in [7, 11) is 0. The van der Waals surface area contributed by atoms with Crippen molar-refractivity contribution in [2.75, 3.05) is 11.9 Å². The lowest BCUT2D eigenvalue weighted by molar-refractivity contribution is -0.118. The van der Waals surface area contributed by atoms with Gasteiger partial charge in [0.25, 0.3) is 5.91 Å². The minimum atomic E-state index is -0.510. The second-order valence-electron chi connectivity index (χ2n) is 7.72. The summed E-state index contributed by atoms with van der Waals surface area (Å²) in [5.41, 5.74) is 4.29. The molecule has 34 heavy (non-hydrogen) atoms. The molecule has 0 bridgehead atoms. The van der Waals surface area contributed by atoms with Gasteiger partial charge in [-0.15, -0.1) is 0 Å². The highest BCUT2D eigenvalue weighted by atomic mass is 19.1. The molecular weight excluding hydrogens is 431 g/mol. The van der Waals surface area contributed by atoms with Crippen LogP contribution in [-0.2, 0) is 4.79 Å². The molecule has 0 aliphatic carbocycles. The second-order valence-corrected chi connectivity index (χ2v) is 7.72. The summed E-state index contributed by atoms with van der Waals surface area (Å²) in [6.07, 6.45) is 0. The third-order valence-electron chi connectivity index (χ3n) is 5.37. The van der Waals surface area contributed by atoms with Crippen LogP contribution < -0.4 is 10.1 Å². The van der Waals surface area contributed by atoms with E-state index in [0.29, 0.717) is 5.65 Å². The maximum absolute atomic E-state index is 13.9. The molecule has 0 fully saturated rings. The molecule has 0 unspecified atom stereocenters. The van der Waals surface area contributed by atoms with E-state index in [-0.39, 0.29) is 18.2 Å². The summed E-state index contributed by atoms with van der Waals surface area (Å²) >= 11 is 0. The van der Waals surface area contributed by atoms with Gasteiger partial charge in [0.15, 0.2) is 12.3 Å². The van der Waals surface area contributed by atoms with Crippen LogP contribution in [0.15, 0.2) is 91.0 Å². The maximum Gasteiger partial charge on any atom is 0.262 e. The van der Waals surface area contributed by atoms with Crippen molar-refractivity contribution >= 4 is 22.6 Å². The number of hydrogen-bond donors (Lipinski definition) is 1. The number of rotatable bonds is 6. The predicted molar refractivity (Wildman–Crippen MR) is 130 cm³/mol. The van der Waals surface area contributed by atoms with Crippen LogP contribution in [0.3, 0.4) is 0 Å². The number of hydrogen-bond acceptors (Lipinski definition) is 4. The highest BCUT2D eigenvalue weighted by Crippen LogP contribution is 2.34. The average molecular weight is 452 g/mol. The van der Waals surface area contributed by atoms with Crippen LogP contribution in [0, 0.1) is 12.7 Å². The Hall–Kier alpha value is -4.52. The summed E-state index contributed by atoms with van der Waals surface area (Å²) in [6, 6.07) is 27.4. The number of fused-ring (bicyclic) bond motifs is 1. The quantitative estimate of drug-likeness (QED) is 0.367. The number of aryl methyl sites for hydroxylation is 1. The summed E-state index contributed by atoms with van der Waals surface area (Å²) in [6.45, 7) is 1.62. The number of carbonyl (C=O) groups is 1. The van der Waals surface area contributed by atoms with Crippen LogP contribution in [0.2, 0.25) is 0 Å². The Morgan fingerprint density at radius 3 is 2.38 bits per heavy atom. The van der Waals surface area contributed by atoms with Crippen molar-refractivity contribution in [1.82, 2.24) is 14.8 Å². The zero-order valence-corrected chi connectivity index (χ0v) is 18.4. The van der Waals surface area contributed by atoms with Crippen molar-refractivity contribution in [1.29, 1.82) is 0 Å². The fraction of sp³-hybridized carbons (Fsp3) is 0.0741. The number of aromatic nitrogens is 3. The van der Waals surface area contributed by atoms with Crippen molar-refractivity contribution in [3.8, 4) is 22.7 Å². The Balaban J connectivity index is 1.53. The lowest BCUT2D eigenvalue weighted by Crippen LogP contribution is -2.21. The molecule has 0 saturated heterocycles. The number of benzene rings is 3. The molecular formula is C27H21FN4O2. The van der Waals surface area contributed by atoms with Crippen molar-refractivity contribution in [2.24, 2.45) is 0 Å². The summed E-state index contributed by atoms with van der Waals surface area (Å²) in [4.78, 5) is 17.1. The first-order valence-corrected chi connectivity index (χ1v) is 10.8. The topological polar surface area (TPSA) is 69.0 Å². The van der Waals surface area contributed by atoms with Crippen LogP contribution in [0.1, 0.15) is 5.69 Å². The number of nitrogens with zero attached hydrogens (tertiary/aromatic N) is 3. The van der Waals surface area contributed by atoms with Gasteiger partial charge in [-0.3, -0.25) is 4.79 Å². The van der Waals surface area contributed by atoms with Crippen LogP contribution in [-0.4, -0.2) is 27.3 Å². The normalized spacial score (nSPS) is 10.9. The van der Waals surface area contributed by atoms with E-state index >= 15 is 0 Å². The highest BCUT2D eigenvalue weighted by molar-refractivity contribution is 5.96. The number of ether oxygens (including phenoxy) is 1. The Bertz CT molecular complexity index is 1470. The molecule has 0 aliphatic heterocycles. The van der Waals surface area contributed by atoms with E-state index in [9.17, 15) is 9.18 Å². The predicted octanol–water partition coefficient (Wildman–Crippen LogP) is 5.55. The van der Waals surface area contributed by atoms with Gasteiger partial charge in [0.2, 0.25) is 5.88 Å². The van der Waals surface area contributed by atoms with Crippen LogP contribution in [0.25, 0.3) is 27.8 Å². The zero-order chi connectivity index (χ0) is 23.5. The third kappa shape index (κ3) is 4.23. The first kappa shape index (κ1) is 21.3. The molecule has 7 heteroatoms. The molecule has 5 rings (SSSR count). The van der Waals surface area contributed by atoms with Gasteiger partial charge in [-0.1, -0.05) is 60.7 Å². The van der Waals surface area contributed by atoms with Gasteiger partial charge in [0.05, 0.1) is 22.5 Å². The van der Waals surface area contributed by atoms with E-state index in [4.69, 9.17) is 9.84 Å². The number of anilines is 1. The highest BCUT2D eigenvalue weighted by Gasteiger charge is 2.18. The molecule has 5 aromatic rings. The molecule has 2 aromatic heterocycles. The fourth-order valence-corrected chi connectivity index (χ4v) is 3.82. The minimum absolute atomic E-state index is 0.0993. The van der Waals surface area contributed by atoms with Crippen LogP contribution >= 0.6 is 0 Å². The number of carbonyl (C=O) groups excluding carboxylic acids is 1. The lowest BCUT2D eigenvalue weighted by atomic mass is 10.0. The van der Waals surface area contributed by atoms with E-state index in [2.05, 4.69) is 10.3 Å². The third-order valence-corrected chi connectivity index (χ3v) is 5.37. The number of amides is 1. The fourth-order valence-electron chi connectivity index (χ4n) is 3.82. The summed E-state index contributed by atoms with van der Waals surface area (Å²) in [5, 5.41) is 8.15. The Labute approximate surface area is 195 Å². The standard InChI is InChI=1S/C27H21FN4O2/c1-18-26-21(19-10-4-2-5-11-19)16-25(30-27(26)32(31-18)20-12-6-3-7-13-20)34-17-24(33)29-23-15-9-8-14-22(23)28/h2-16H,17H2,1H3,(H,29,33). The van der Waals surface area contributed by atoms with Gasteiger partial charge in [0.1, 0.15) is 5.82 Å². The number of pyridine rings is 1. The first-order chi connectivity index (χ1) is 16.6. The van der Waals surface area contributed by atoms with Gasteiger partial charge >= 0.3 is 0 Å². The largest absolute Gasteiger partial charge is 0.467 e. The Morgan fingerprint density at radius 2 is 1.65 bits per heavy atom. The molecule has 3 aromatic carbocycles. The van der Waals surface area contributed by atoms with Gasteiger partial charge in [0, 0.05) is 6.07 Å². The molecule has 1 N–H and O–H groups in total. The second kappa shape index (κ2) is 9.15. The van der Waals surface area contributed by atoms with Crippen LogP contribution in [0.5, 0.6) is 5.88 Å². The van der Waals surface area contributed by atoms with E-state index in [1.165, 1.54) is 12.1 Å². The van der Waals surface area contributed by atoms with Gasteiger partial charge in [-0.05, 0) is 42.3 Å². The van der Waals surface area contributed by atoms with Gasteiger partial charge in [-0.25, -0.2) is 9.07 Å². The molecule has 6 nitrogen and oxygen atoms in total. The van der Waals surface area contributed by atoms with Crippen molar-refractivity contribution < 1.29 is 13.9 Å². The number of halogens is 1. The molecule has 0 saturated carbocycles. The SMILES string of the molecule is Cc1nn(-c2ccccc2)c2nc(OCC(=O)Nc3ccccc3F)cc(-c3ccccc3)c12. The van der Waals surface area contributed by atoms with Crippen molar-refractivity contribution in [3.05, 3.63) is 103 Å². The lowest BCUT2D eigenvalue weighted by Gasteiger charge is -2.11. The van der Waals surface area contributed by atoms with Gasteiger partial charge < -0.3 is 10.1 Å². The summed E-state index contributed by atoms with van der Waals surface area (Å²) < 4.78 is 21.4. The molecule has 1 amide bonds. The van der Waals surface area contributed by atoms with E-state index in [1.807, 2.05) is 67.6 Å². The molecule has 0 radical (unpaired) electrons. The molecule has 168 valence electrons. The molecule has 0 atom stereocenters. The van der Waals surface area contributed by atoms with Crippen molar-refractivity contribution in [2.45, 2.75) is 6.92 Å². The minimum Gasteiger partial charge on any atom is -0.467 e. The van der Waals surface area contributed by atoms with E-state index < -0.39 is 11.7 Å². The molecule has 0 spiro atoms. The van der Waals surface area contributed by atoms with E-state index in [0.717, 1.165) is 27.9 Å². The maximum atomic E-state index is 13.9. The van der Waals surface area contributed by atoms with Crippen LogP contribution in [0.4, 0.5) is 10.1 Å².